The largest absolute Gasteiger partial charge is 0.450 e. The molecule has 0 spiro atoms. The minimum Gasteiger partial charge on any atom is -0.450 e. The number of amides is 2. The summed E-state index contributed by atoms with van der Waals surface area (Å²) in [6.45, 7) is 3.45. The topological polar surface area (TPSA) is 105 Å². The van der Waals surface area contributed by atoms with Gasteiger partial charge in [-0.15, -0.1) is 10.2 Å². The molecule has 1 heterocycles. The van der Waals surface area contributed by atoms with Crippen molar-refractivity contribution in [2.45, 2.75) is 13.8 Å². The quantitative estimate of drug-likeness (QED) is 0.783. The Morgan fingerprint density at radius 2 is 1.57 bits per heavy atom. The summed E-state index contributed by atoms with van der Waals surface area (Å²) in [7, 11) is 0. The van der Waals surface area contributed by atoms with E-state index < -0.39 is 6.09 Å². The highest BCUT2D eigenvalue weighted by molar-refractivity contribution is 5.88. The molecule has 0 bridgehead atoms. The Bertz CT molecular complexity index is 671. The first-order valence-electron chi connectivity index (χ1n) is 6.99. The summed E-state index contributed by atoms with van der Waals surface area (Å²) >= 11 is 0. The average molecular weight is 315 g/mol. The third-order valence-electron chi connectivity index (χ3n) is 2.65. The zero-order chi connectivity index (χ0) is 16.7. The van der Waals surface area contributed by atoms with Gasteiger partial charge < -0.3 is 15.4 Å². The summed E-state index contributed by atoms with van der Waals surface area (Å²) in [5, 5.41) is 16.0. The van der Waals surface area contributed by atoms with Crippen molar-refractivity contribution in [1.82, 2.24) is 10.2 Å². The number of ether oxygens (including phenoxy) is 1. The third-order valence-corrected chi connectivity index (χ3v) is 2.65. The number of benzene rings is 1. The molecule has 8 heteroatoms. The number of aromatic nitrogens is 2. The zero-order valence-corrected chi connectivity index (χ0v) is 12.8. The predicted octanol–water partition coefficient (Wildman–Crippen LogP) is 2.75. The number of anilines is 4. The first-order valence-corrected chi connectivity index (χ1v) is 6.99. The summed E-state index contributed by atoms with van der Waals surface area (Å²) < 4.78 is 4.75. The molecule has 2 rings (SSSR count). The van der Waals surface area contributed by atoms with Crippen LogP contribution < -0.4 is 16.0 Å². The molecule has 0 unspecified atom stereocenters. The van der Waals surface area contributed by atoms with Gasteiger partial charge in [0, 0.05) is 18.3 Å². The van der Waals surface area contributed by atoms with Crippen molar-refractivity contribution in [3.05, 3.63) is 36.4 Å². The lowest BCUT2D eigenvalue weighted by molar-refractivity contribution is -0.114. The smallest absolute Gasteiger partial charge is 0.412 e. The van der Waals surface area contributed by atoms with E-state index >= 15 is 0 Å². The van der Waals surface area contributed by atoms with Crippen molar-refractivity contribution >= 4 is 35.0 Å². The molecule has 2 amide bonds. The van der Waals surface area contributed by atoms with Crippen molar-refractivity contribution in [2.24, 2.45) is 0 Å². The maximum Gasteiger partial charge on any atom is 0.412 e. The maximum atomic E-state index is 11.3. The summed E-state index contributed by atoms with van der Waals surface area (Å²) in [4.78, 5) is 22.2. The number of hydrogen-bond donors (Lipinski definition) is 3. The van der Waals surface area contributed by atoms with Crippen LogP contribution in [0, 0.1) is 0 Å². The van der Waals surface area contributed by atoms with Crippen LogP contribution in [0.5, 0.6) is 0 Å². The van der Waals surface area contributed by atoms with Gasteiger partial charge >= 0.3 is 6.09 Å². The Labute approximate surface area is 133 Å². The zero-order valence-electron chi connectivity index (χ0n) is 12.8. The molecule has 2 aromatic rings. The number of nitrogens with zero attached hydrogens (tertiary/aromatic N) is 2. The van der Waals surface area contributed by atoms with Gasteiger partial charge in [0.05, 0.1) is 6.61 Å². The molecule has 0 aliphatic rings. The van der Waals surface area contributed by atoms with E-state index in [1.165, 1.54) is 6.92 Å². The average Bonchev–Trinajstić information content (AvgIpc) is 2.51. The second-order valence-corrected chi connectivity index (χ2v) is 4.53. The molecule has 0 saturated carbocycles. The van der Waals surface area contributed by atoms with E-state index in [1.54, 1.807) is 43.3 Å². The van der Waals surface area contributed by atoms with Gasteiger partial charge in [0.1, 0.15) is 0 Å². The Hall–Kier alpha value is -3.16. The van der Waals surface area contributed by atoms with Gasteiger partial charge in [0.25, 0.3) is 0 Å². The molecule has 0 saturated heterocycles. The van der Waals surface area contributed by atoms with Gasteiger partial charge in [-0.2, -0.15) is 0 Å². The fraction of sp³-hybridized carbons (Fsp3) is 0.200. The fourth-order valence-electron chi connectivity index (χ4n) is 1.73. The molecular weight excluding hydrogens is 298 g/mol. The predicted molar refractivity (Wildman–Crippen MR) is 86.7 cm³/mol. The standard InChI is InChI=1S/C15H17N5O3/c1-3-23-15(22)18-14-9-8-13(19-20-14)17-12-6-4-11(5-7-12)16-10(2)21/h4-9H,3H2,1-2H3,(H,16,21)(H,17,19)(H,18,20,22). The summed E-state index contributed by atoms with van der Waals surface area (Å²) in [5.74, 6) is 0.697. The first kappa shape index (κ1) is 16.2. The minimum atomic E-state index is -0.573. The lowest BCUT2D eigenvalue weighted by Crippen LogP contribution is -2.14. The summed E-state index contributed by atoms with van der Waals surface area (Å²) in [6, 6.07) is 10.4. The fourth-order valence-corrected chi connectivity index (χ4v) is 1.73. The van der Waals surface area contributed by atoms with Crippen LogP contribution in [-0.4, -0.2) is 28.8 Å². The summed E-state index contributed by atoms with van der Waals surface area (Å²) in [5.41, 5.74) is 1.50. The highest BCUT2D eigenvalue weighted by atomic mass is 16.5. The second-order valence-electron chi connectivity index (χ2n) is 4.53. The van der Waals surface area contributed by atoms with E-state index in [9.17, 15) is 9.59 Å². The SMILES string of the molecule is CCOC(=O)Nc1ccc(Nc2ccc(NC(C)=O)cc2)nn1. The van der Waals surface area contributed by atoms with Crippen LogP contribution in [0.4, 0.5) is 27.8 Å². The molecule has 0 atom stereocenters. The first-order chi connectivity index (χ1) is 11.1. The second kappa shape index (κ2) is 7.74. The van der Waals surface area contributed by atoms with E-state index in [0.717, 1.165) is 5.69 Å². The van der Waals surface area contributed by atoms with E-state index in [4.69, 9.17) is 4.74 Å². The van der Waals surface area contributed by atoms with Crippen LogP contribution in [-0.2, 0) is 9.53 Å². The number of carbonyl (C=O) groups excluding carboxylic acids is 2. The van der Waals surface area contributed by atoms with Gasteiger partial charge in [0.2, 0.25) is 5.91 Å². The van der Waals surface area contributed by atoms with Crippen LogP contribution in [0.3, 0.4) is 0 Å². The molecule has 0 fully saturated rings. The van der Waals surface area contributed by atoms with Crippen LogP contribution in [0.15, 0.2) is 36.4 Å². The molecular formula is C15H17N5O3. The van der Waals surface area contributed by atoms with Crippen molar-refractivity contribution in [3.8, 4) is 0 Å². The Kier molecular flexibility index (Phi) is 5.45. The molecule has 0 radical (unpaired) electrons. The maximum absolute atomic E-state index is 11.3. The van der Waals surface area contributed by atoms with Crippen LogP contribution in [0.25, 0.3) is 0 Å². The number of carbonyl (C=O) groups is 2. The number of rotatable bonds is 5. The van der Waals surface area contributed by atoms with Gasteiger partial charge in [0.15, 0.2) is 11.6 Å². The van der Waals surface area contributed by atoms with E-state index in [0.29, 0.717) is 17.3 Å². The Balaban J connectivity index is 1.95. The van der Waals surface area contributed by atoms with Crippen LogP contribution in [0.1, 0.15) is 13.8 Å². The molecule has 1 aromatic heterocycles. The minimum absolute atomic E-state index is 0.124. The monoisotopic (exact) mass is 315 g/mol. The number of nitrogens with one attached hydrogen (secondary N) is 3. The van der Waals surface area contributed by atoms with Crippen molar-refractivity contribution in [2.75, 3.05) is 22.6 Å². The van der Waals surface area contributed by atoms with E-state index in [-0.39, 0.29) is 12.5 Å². The molecule has 1 aromatic carbocycles. The normalized spacial score (nSPS) is 9.83. The Morgan fingerprint density at radius 3 is 2.13 bits per heavy atom. The molecule has 8 nitrogen and oxygen atoms in total. The van der Waals surface area contributed by atoms with Gasteiger partial charge in [-0.05, 0) is 43.3 Å². The molecule has 0 aliphatic carbocycles. The van der Waals surface area contributed by atoms with Gasteiger partial charge in [-0.25, -0.2) is 4.79 Å². The summed E-state index contributed by atoms with van der Waals surface area (Å²) in [6.07, 6.45) is -0.573. The van der Waals surface area contributed by atoms with Gasteiger partial charge in [-0.1, -0.05) is 0 Å². The highest BCUT2D eigenvalue weighted by Crippen LogP contribution is 2.17. The third kappa shape index (κ3) is 5.27. The molecule has 0 aliphatic heterocycles. The van der Waals surface area contributed by atoms with E-state index in [1.807, 2.05) is 0 Å². The van der Waals surface area contributed by atoms with Crippen molar-refractivity contribution < 1.29 is 14.3 Å². The molecule has 120 valence electrons. The van der Waals surface area contributed by atoms with Gasteiger partial charge in [-0.3, -0.25) is 10.1 Å². The van der Waals surface area contributed by atoms with Crippen LogP contribution in [0.2, 0.25) is 0 Å². The lowest BCUT2D eigenvalue weighted by Gasteiger charge is -2.08. The molecule has 23 heavy (non-hydrogen) atoms. The molecule has 3 N–H and O–H groups in total. The van der Waals surface area contributed by atoms with Crippen molar-refractivity contribution in [1.29, 1.82) is 0 Å². The van der Waals surface area contributed by atoms with Crippen LogP contribution >= 0.6 is 0 Å². The Morgan fingerprint density at radius 1 is 0.957 bits per heavy atom. The number of hydrogen-bond acceptors (Lipinski definition) is 6. The lowest BCUT2D eigenvalue weighted by atomic mass is 10.2. The highest BCUT2D eigenvalue weighted by Gasteiger charge is 2.04. The van der Waals surface area contributed by atoms with E-state index in [2.05, 4.69) is 26.1 Å². The van der Waals surface area contributed by atoms with Crippen molar-refractivity contribution in [3.63, 3.8) is 0 Å².